The van der Waals surface area contributed by atoms with Crippen LogP contribution in [0.3, 0.4) is 0 Å². The lowest BCUT2D eigenvalue weighted by Gasteiger charge is -2.26. The lowest BCUT2D eigenvalue weighted by Crippen LogP contribution is -2.39. The minimum absolute atomic E-state index is 0. The molecule has 1 aliphatic rings. The Hall–Kier alpha value is -0.120. The molecule has 0 saturated heterocycles. The summed E-state index contributed by atoms with van der Waals surface area (Å²) in [6, 6.07) is 2.54. The fraction of sp³-hybridized carbons (Fsp3) is 1.00. The maximum atomic E-state index is 8.87. The van der Waals surface area contributed by atoms with Gasteiger partial charge in [0.1, 0.15) is 0 Å². The number of rotatable bonds is 16. The van der Waals surface area contributed by atoms with Gasteiger partial charge in [-0.05, 0) is 102 Å². The minimum atomic E-state index is 0. The van der Waals surface area contributed by atoms with E-state index in [1.807, 2.05) is 0 Å². The highest BCUT2D eigenvalue weighted by Crippen LogP contribution is 2.57. The molecule has 1 atom stereocenters. The zero-order valence-corrected chi connectivity index (χ0v) is 41.7. The molecule has 1 fully saturated rings. The van der Waals surface area contributed by atoms with Gasteiger partial charge in [-0.15, -0.1) is 0 Å². The predicted molar refractivity (Wildman–Crippen MR) is 285 cm³/mol. The minimum Gasteiger partial charge on any atom is -0.396 e. The number of aliphatic hydroxyl groups is 1. The Labute approximate surface area is 378 Å². The van der Waals surface area contributed by atoms with Gasteiger partial charge < -0.3 is 15.7 Å². The maximum absolute atomic E-state index is 8.87. The Kier molecular flexibility index (Phi) is 70.4. The summed E-state index contributed by atoms with van der Waals surface area (Å²) in [6.07, 6.45) is 5.60. The van der Waals surface area contributed by atoms with Gasteiger partial charge in [-0.1, -0.05) is 232 Å². The topological polar surface area (TPSA) is 44.3 Å². The molecule has 0 aromatic rings. The van der Waals surface area contributed by atoms with Crippen molar-refractivity contribution in [3.8, 4) is 0 Å². The van der Waals surface area contributed by atoms with E-state index in [1.54, 1.807) is 0 Å². The third kappa shape index (κ3) is 55.9. The fourth-order valence-electron chi connectivity index (χ4n) is 7.01. The molecule has 370 valence electrons. The van der Waals surface area contributed by atoms with Crippen LogP contribution < -0.4 is 10.6 Å². The van der Waals surface area contributed by atoms with E-state index in [0.717, 1.165) is 58.7 Å². The summed E-state index contributed by atoms with van der Waals surface area (Å²) in [5, 5.41) is 15.8. The first kappa shape index (κ1) is 85.2. The van der Waals surface area contributed by atoms with Crippen LogP contribution in [-0.2, 0) is 0 Å². The molecule has 0 spiro atoms. The molecule has 3 N–H and O–H groups in total. The van der Waals surface area contributed by atoms with Crippen LogP contribution in [0.25, 0.3) is 0 Å². The molecule has 0 aromatic carbocycles. The first-order chi connectivity index (χ1) is 23.4. The molecule has 1 unspecified atom stereocenters. The average Bonchev–Trinajstić information content (AvgIpc) is 3.75. The van der Waals surface area contributed by atoms with Gasteiger partial charge in [0, 0.05) is 30.8 Å². The van der Waals surface area contributed by atoms with Crippen LogP contribution in [0.1, 0.15) is 257 Å². The van der Waals surface area contributed by atoms with Crippen molar-refractivity contribution in [3.05, 3.63) is 0 Å². The highest BCUT2D eigenvalue weighted by molar-refractivity contribution is 4.97. The van der Waals surface area contributed by atoms with E-state index in [-0.39, 0.29) is 44.6 Å². The first-order valence-corrected chi connectivity index (χ1v) is 22.6. The molecule has 0 bridgehead atoms. The average molecular weight is 840 g/mol. The maximum Gasteiger partial charge on any atom is 0.0464 e. The smallest absolute Gasteiger partial charge is 0.0464 e. The van der Waals surface area contributed by atoms with Crippen molar-refractivity contribution in [2.45, 2.75) is 281 Å². The van der Waals surface area contributed by atoms with Gasteiger partial charge in [0.2, 0.25) is 0 Å². The predicted octanol–water partition coefficient (Wildman–Crippen LogP) is 18.9. The van der Waals surface area contributed by atoms with E-state index < -0.39 is 0 Å². The highest BCUT2D eigenvalue weighted by atomic mass is 16.3. The van der Waals surface area contributed by atoms with E-state index in [9.17, 15) is 0 Å². The molecule has 1 rings (SSSR count). The molecular weight excluding hydrogens is 705 g/mol. The molecule has 1 saturated carbocycles. The first-order valence-electron chi connectivity index (χ1n) is 22.6. The Bertz CT molecular complexity index is 649. The molecule has 58 heavy (non-hydrogen) atoms. The van der Waals surface area contributed by atoms with Gasteiger partial charge in [0.15, 0.2) is 0 Å². The van der Waals surface area contributed by atoms with Crippen LogP contribution >= 0.6 is 0 Å². The Morgan fingerprint density at radius 1 is 0.379 bits per heavy atom. The Morgan fingerprint density at radius 2 is 0.655 bits per heavy atom. The number of hydrogen-bond donors (Lipinski definition) is 3. The Morgan fingerprint density at radius 3 is 0.707 bits per heavy atom. The molecule has 3 heteroatoms. The SMILES string of the molecule is C.C.C.C.C.C.CC(C)C(C)C(C)C.CC(C)C(CO)C(C)C.CC(C)C1(C(C)C)CC1.CC(C)CC(C)C.CC(C)CC(NC(C)C)C(C)C.CC(C)NC(C)C. The zero-order chi connectivity index (χ0) is 42.7. The largest absolute Gasteiger partial charge is 0.396 e. The molecule has 3 nitrogen and oxygen atoms in total. The van der Waals surface area contributed by atoms with Crippen molar-refractivity contribution in [3.63, 3.8) is 0 Å². The van der Waals surface area contributed by atoms with Crippen LogP contribution in [0.4, 0.5) is 0 Å². The van der Waals surface area contributed by atoms with E-state index in [4.69, 9.17) is 5.11 Å². The summed E-state index contributed by atoms with van der Waals surface area (Å²) < 4.78 is 0. The second-order valence-corrected chi connectivity index (χ2v) is 21.0. The lowest BCUT2D eigenvalue weighted by atomic mass is 9.82. The summed E-state index contributed by atoms with van der Waals surface area (Å²) >= 11 is 0. The second-order valence-electron chi connectivity index (χ2n) is 21.0. The highest BCUT2D eigenvalue weighted by Gasteiger charge is 2.47. The molecule has 0 aromatic heterocycles. The van der Waals surface area contributed by atoms with Crippen LogP contribution in [0, 0.1) is 76.4 Å². The quantitative estimate of drug-likeness (QED) is 0.145. The van der Waals surface area contributed by atoms with Crippen molar-refractivity contribution in [1.82, 2.24) is 10.6 Å². The number of aliphatic hydroxyl groups excluding tert-OH is 1. The van der Waals surface area contributed by atoms with E-state index in [0.29, 0.717) is 48.5 Å². The van der Waals surface area contributed by atoms with Crippen LogP contribution in [-0.4, -0.2) is 35.9 Å². The van der Waals surface area contributed by atoms with E-state index in [2.05, 4.69) is 198 Å². The third-order valence-corrected chi connectivity index (χ3v) is 10.8. The summed E-state index contributed by atoms with van der Waals surface area (Å²) in [5.41, 5.74) is 0.750. The zero-order valence-electron chi connectivity index (χ0n) is 41.7. The molecule has 0 aliphatic heterocycles. The number of hydrogen-bond acceptors (Lipinski definition) is 3. The second kappa shape index (κ2) is 47.9. The summed E-state index contributed by atoms with van der Waals surface area (Å²) in [5.74, 6) is 9.34. The molecular formula is C55H134N2O. The van der Waals surface area contributed by atoms with Gasteiger partial charge in [-0.3, -0.25) is 0 Å². The van der Waals surface area contributed by atoms with E-state index >= 15 is 0 Å². The lowest BCUT2D eigenvalue weighted by molar-refractivity contribution is 0.150. The summed E-state index contributed by atoms with van der Waals surface area (Å²) in [6.45, 7) is 61.1. The van der Waals surface area contributed by atoms with Gasteiger partial charge in [0.05, 0.1) is 0 Å². The van der Waals surface area contributed by atoms with Crippen molar-refractivity contribution >= 4 is 0 Å². The van der Waals surface area contributed by atoms with E-state index in [1.165, 1.54) is 25.7 Å². The van der Waals surface area contributed by atoms with Crippen molar-refractivity contribution < 1.29 is 5.11 Å². The van der Waals surface area contributed by atoms with Crippen LogP contribution in [0.15, 0.2) is 0 Å². The third-order valence-electron chi connectivity index (χ3n) is 10.8. The molecule has 1 aliphatic carbocycles. The summed E-state index contributed by atoms with van der Waals surface area (Å²) in [4.78, 5) is 0. The van der Waals surface area contributed by atoms with Gasteiger partial charge in [0.25, 0.3) is 0 Å². The monoisotopic (exact) mass is 839 g/mol. The van der Waals surface area contributed by atoms with Crippen LogP contribution in [0.5, 0.6) is 0 Å². The molecule has 0 amide bonds. The summed E-state index contributed by atoms with van der Waals surface area (Å²) in [7, 11) is 0. The van der Waals surface area contributed by atoms with Gasteiger partial charge in [-0.2, -0.15) is 0 Å². The number of nitrogens with one attached hydrogen (secondary N) is 2. The van der Waals surface area contributed by atoms with Crippen molar-refractivity contribution in [2.24, 2.45) is 76.4 Å². The van der Waals surface area contributed by atoms with Gasteiger partial charge in [-0.25, -0.2) is 0 Å². The molecule has 0 radical (unpaired) electrons. The fourth-order valence-corrected chi connectivity index (χ4v) is 7.01. The van der Waals surface area contributed by atoms with Crippen molar-refractivity contribution in [2.75, 3.05) is 6.61 Å². The molecule has 0 heterocycles. The van der Waals surface area contributed by atoms with Gasteiger partial charge >= 0.3 is 0 Å². The van der Waals surface area contributed by atoms with Crippen LogP contribution in [0.2, 0.25) is 0 Å². The normalized spacial score (nSPS) is 12.9. The Balaban J connectivity index is -0.0000000502. The standard InChI is InChI=1S/C11H25N.C9H18.C8H18O.C8H18.C7H16.C6H15N.6CH4/c1-8(2)7-11(9(3)4)12-10(5)6;1-7(2)9(5-6-9)8(3)4;1-6(2)8(5-9)7(3)4;1-6(2)8(5)7(3)4;1-6(2)5-7(3)4;1-5(2)7-6(3)4;;;;;;/h8-12H,7H2,1-6H3;7-8H,5-6H2,1-4H3;6-9H,5H2,1-4H3;6-8H,1-5H3;6-7H,5H2,1-4H3;5-7H,1-4H3;6*1H4. The van der Waals surface area contributed by atoms with Crippen molar-refractivity contribution in [1.29, 1.82) is 0 Å².